The number of hydrogen-bond donors (Lipinski definition) is 1. The van der Waals surface area contributed by atoms with Crippen molar-refractivity contribution in [1.82, 2.24) is 9.80 Å². The molecule has 1 fully saturated rings. The molecular weight excluding hydrogens is 448 g/mol. The third kappa shape index (κ3) is 4.77. The van der Waals surface area contributed by atoms with Gasteiger partial charge in [-0.3, -0.25) is 24.1 Å². The Morgan fingerprint density at radius 2 is 1.57 bits per heavy atom. The summed E-state index contributed by atoms with van der Waals surface area (Å²) in [4.78, 5) is 55.4. The zero-order valence-electron chi connectivity index (χ0n) is 19.5. The number of ether oxygens (including phenoxy) is 1. The standard InChI is InChI=1S/C26H28N4O5/c31-23(10-13-30-25(33)19-6-2-3-7-20(19)26(30)34)27-18-8-9-22-21(16-18)29(24(32)17-35-22)15-14-28-11-4-1-5-12-28/h2-3,6-9,16H,1,4-5,10-15,17H2,(H,27,31). The van der Waals surface area contributed by atoms with E-state index >= 15 is 0 Å². The minimum Gasteiger partial charge on any atom is -0.482 e. The average Bonchev–Trinajstić information content (AvgIpc) is 3.12. The molecule has 0 aliphatic carbocycles. The highest BCUT2D eigenvalue weighted by Crippen LogP contribution is 2.34. The number of rotatable bonds is 7. The minimum absolute atomic E-state index is 0.00101. The lowest BCUT2D eigenvalue weighted by molar-refractivity contribution is -0.121. The van der Waals surface area contributed by atoms with Crippen LogP contribution in [0.3, 0.4) is 0 Å². The molecule has 1 saturated heterocycles. The molecule has 3 aliphatic rings. The molecule has 0 saturated carbocycles. The maximum absolute atomic E-state index is 12.6. The molecule has 0 bridgehead atoms. The van der Waals surface area contributed by atoms with E-state index in [1.807, 2.05) is 0 Å². The van der Waals surface area contributed by atoms with Gasteiger partial charge in [-0.15, -0.1) is 0 Å². The Hall–Kier alpha value is -3.72. The molecule has 2 aromatic rings. The number of hydrogen-bond acceptors (Lipinski definition) is 6. The van der Waals surface area contributed by atoms with Crippen LogP contribution in [-0.2, 0) is 9.59 Å². The lowest BCUT2D eigenvalue weighted by atomic mass is 10.1. The lowest BCUT2D eigenvalue weighted by Gasteiger charge is -2.33. The van der Waals surface area contributed by atoms with Crippen LogP contribution in [0.25, 0.3) is 0 Å². The molecule has 3 aliphatic heterocycles. The van der Waals surface area contributed by atoms with Crippen LogP contribution < -0.4 is 15.0 Å². The number of piperidine rings is 1. The summed E-state index contributed by atoms with van der Waals surface area (Å²) in [5, 5.41) is 2.82. The van der Waals surface area contributed by atoms with Crippen LogP contribution in [0.5, 0.6) is 5.75 Å². The minimum atomic E-state index is -0.382. The number of likely N-dealkylation sites (tertiary alicyclic amines) is 1. The summed E-state index contributed by atoms with van der Waals surface area (Å²) in [7, 11) is 0. The van der Waals surface area contributed by atoms with Crippen LogP contribution in [0.1, 0.15) is 46.4 Å². The van der Waals surface area contributed by atoms with E-state index in [4.69, 9.17) is 4.74 Å². The van der Waals surface area contributed by atoms with Gasteiger partial charge in [-0.1, -0.05) is 18.6 Å². The molecule has 0 unspecified atom stereocenters. The SMILES string of the molecule is O=C(CCN1C(=O)c2ccccc2C1=O)Nc1ccc2c(c1)N(CCN1CCCCC1)C(=O)CO2. The number of nitrogens with zero attached hydrogens (tertiary/aromatic N) is 3. The van der Waals surface area contributed by atoms with Crippen molar-refractivity contribution in [2.75, 3.05) is 49.5 Å². The topological polar surface area (TPSA) is 99.3 Å². The molecule has 0 spiro atoms. The molecule has 3 heterocycles. The summed E-state index contributed by atoms with van der Waals surface area (Å²) in [6.07, 6.45) is 3.59. The molecule has 35 heavy (non-hydrogen) atoms. The predicted octanol–water partition coefficient (Wildman–Crippen LogP) is 2.52. The highest BCUT2D eigenvalue weighted by atomic mass is 16.5. The van der Waals surface area contributed by atoms with Crippen molar-refractivity contribution < 1.29 is 23.9 Å². The average molecular weight is 477 g/mol. The molecule has 9 heteroatoms. The van der Waals surface area contributed by atoms with E-state index in [9.17, 15) is 19.2 Å². The second-order valence-corrected chi connectivity index (χ2v) is 9.02. The second kappa shape index (κ2) is 9.87. The summed E-state index contributed by atoms with van der Waals surface area (Å²) >= 11 is 0. The summed E-state index contributed by atoms with van der Waals surface area (Å²) in [5.41, 5.74) is 1.89. The summed E-state index contributed by atoms with van der Waals surface area (Å²) in [6, 6.07) is 11.8. The van der Waals surface area contributed by atoms with Gasteiger partial charge in [0.2, 0.25) is 5.91 Å². The number of anilines is 2. The van der Waals surface area contributed by atoms with Crippen molar-refractivity contribution in [2.24, 2.45) is 0 Å². The summed E-state index contributed by atoms with van der Waals surface area (Å²) in [5.74, 6) is -0.598. The summed E-state index contributed by atoms with van der Waals surface area (Å²) in [6.45, 7) is 3.45. The number of carbonyl (C=O) groups excluding carboxylic acids is 4. The van der Waals surface area contributed by atoms with Crippen molar-refractivity contribution in [1.29, 1.82) is 0 Å². The Kier molecular flexibility index (Phi) is 6.50. The maximum Gasteiger partial charge on any atom is 0.265 e. The Bertz CT molecular complexity index is 1140. The van der Waals surface area contributed by atoms with Gasteiger partial charge in [0, 0.05) is 31.7 Å². The quantitative estimate of drug-likeness (QED) is 0.617. The van der Waals surface area contributed by atoms with E-state index in [0.29, 0.717) is 34.8 Å². The van der Waals surface area contributed by atoms with Gasteiger partial charge in [-0.25, -0.2) is 0 Å². The van der Waals surface area contributed by atoms with Gasteiger partial charge in [-0.05, 0) is 56.3 Å². The first kappa shape index (κ1) is 23.0. The normalized spacial score (nSPS) is 17.8. The first-order chi connectivity index (χ1) is 17.0. The van der Waals surface area contributed by atoms with Crippen LogP contribution in [0, 0.1) is 0 Å². The van der Waals surface area contributed by atoms with Crippen molar-refractivity contribution in [3.8, 4) is 5.75 Å². The predicted molar refractivity (Wildman–Crippen MR) is 130 cm³/mol. The molecule has 182 valence electrons. The number of imide groups is 1. The number of benzene rings is 2. The number of fused-ring (bicyclic) bond motifs is 2. The van der Waals surface area contributed by atoms with E-state index in [-0.39, 0.29) is 43.2 Å². The first-order valence-corrected chi connectivity index (χ1v) is 12.1. The fourth-order valence-corrected chi connectivity index (χ4v) is 4.83. The fourth-order valence-electron chi connectivity index (χ4n) is 4.83. The molecule has 0 radical (unpaired) electrons. The van der Waals surface area contributed by atoms with Crippen LogP contribution in [-0.4, -0.2) is 72.8 Å². The molecule has 4 amide bonds. The molecule has 5 rings (SSSR count). The number of amides is 4. The van der Waals surface area contributed by atoms with Crippen LogP contribution in [0.15, 0.2) is 42.5 Å². The molecule has 9 nitrogen and oxygen atoms in total. The molecule has 2 aromatic carbocycles. The zero-order chi connectivity index (χ0) is 24.4. The second-order valence-electron chi connectivity index (χ2n) is 9.02. The van der Waals surface area contributed by atoms with Crippen LogP contribution >= 0.6 is 0 Å². The Morgan fingerprint density at radius 1 is 0.857 bits per heavy atom. The maximum atomic E-state index is 12.6. The van der Waals surface area contributed by atoms with Gasteiger partial charge < -0.3 is 19.9 Å². The smallest absolute Gasteiger partial charge is 0.265 e. The fraction of sp³-hybridized carbons (Fsp3) is 0.385. The van der Waals surface area contributed by atoms with Gasteiger partial charge in [-0.2, -0.15) is 0 Å². The number of nitrogens with one attached hydrogen (secondary N) is 1. The Labute approximate surface area is 203 Å². The third-order valence-corrected chi connectivity index (χ3v) is 6.71. The van der Waals surface area contributed by atoms with Crippen molar-refractivity contribution in [3.63, 3.8) is 0 Å². The third-order valence-electron chi connectivity index (χ3n) is 6.71. The van der Waals surface area contributed by atoms with Gasteiger partial charge in [0.1, 0.15) is 5.75 Å². The van der Waals surface area contributed by atoms with Crippen molar-refractivity contribution >= 4 is 35.0 Å². The monoisotopic (exact) mass is 476 g/mol. The van der Waals surface area contributed by atoms with Gasteiger partial charge >= 0.3 is 0 Å². The number of carbonyl (C=O) groups is 4. The van der Waals surface area contributed by atoms with Gasteiger partial charge in [0.15, 0.2) is 6.61 Å². The lowest BCUT2D eigenvalue weighted by Crippen LogP contribution is -2.44. The Morgan fingerprint density at radius 3 is 2.29 bits per heavy atom. The van der Waals surface area contributed by atoms with Crippen molar-refractivity contribution in [3.05, 3.63) is 53.6 Å². The van der Waals surface area contributed by atoms with E-state index in [2.05, 4.69) is 10.2 Å². The van der Waals surface area contributed by atoms with E-state index in [1.54, 1.807) is 47.4 Å². The van der Waals surface area contributed by atoms with E-state index in [0.717, 1.165) is 24.5 Å². The van der Waals surface area contributed by atoms with Gasteiger partial charge in [0.25, 0.3) is 17.7 Å². The largest absolute Gasteiger partial charge is 0.482 e. The highest BCUT2D eigenvalue weighted by molar-refractivity contribution is 6.21. The molecule has 1 N–H and O–H groups in total. The zero-order valence-corrected chi connectivity index (χ0v) is 19.5. The van der Waals surface area contributed by atoms with Gasteiger partial charge in [0.05, 0.1) is 16.8 Å². The van der Waals surface area contributed by atoms with Crippen LogP contribution in [0.4, 0.5) is 11.4 Å². The highest BCUT2D eigenvalue weighted by Gasteiger charge is 2.35. The summed E-state index contributed by atoms with van der Waals surface area (Å²) < 4.78 is 5.59. The first-order valence-electron chi connectivity index (χ1n) is 12.1. The molecule has 0 atom stereocenters. The van der Waals surface area contributed by atoms with E-state index in [1.165, 1.54) is 19.3 Å². The van der Waals surface area contributed by atoms with Crippen molar-refractivity contribution in [2.45, 2.75) is 25.7 Å². The Balaban J connectivity index is 1.21. The van der Waals surface area contributed by atoms with E-state index < -0.39 is 0 Å². The molecular formula is C26H28N4O5. The van der Waals surface area contributed by atoms with Crippen LogP contribution in [0.2, 0.25) is 0 Å². The molecule has 0 aromatic heterocycles.